The van der Waals surface area contributed by atoms with E-state index in [1.54, 1.807) is 0 Å². The SMILES string of the molecule is COC(=O)CC(O)Cc1c(C)cc(Br)cc1C. The van der Waals surface area contributed by atoms with Crippen molar-refractivity contribution in [2.75, 3.05) is 7.11 Å². The Hall–Kier alpha value is -0.870. The molecule has 0 aliphatic carbocycles. The number of rotatable bonds is 4. The van der Waals surface area contributed by atoms with Gasteiger partial charge < -0.3 is 9.84 Å². The highest BCUT2D eigenvalue weighted by molar-refractivity contribution is 9.10. The predicted molar refractivity (Wildman–Crippen MR) is 70.0 cm³/mol. The standard InChI is InChI=1S/C13H17BrO3/c1-8-4-10(14)5-9(2)12(8)6-11(15)7-13(16)17-3/h4-5,11,15H,6-7H2,1-3H3. The zero-order valence-corrected chi connectivity index (χ0v) is 11.9. The van der Waals surface area contributed by atoms with Crippen LogP contribution in [0, 0.1) is 13.8 Å². The number of hydrogen-bond acceptors (Lipinski definition) is 3. The van der Waals surface area contributed by atoms with Crippen LogP contribution in [0.2, 0.25) is 0 Å². The van der Waals surface area contributed by atoms with Crippen molar-refractivity contribution in [3.05, 3.63) is 33.3 Å². The van der Waals surface area contributed by atoms with Gasteiger partial charge in [-0.25, -0.2) is 0 Å². The predicted octanol–water partition coefficient (Wildman–Crippen LogP) is 2.53. The van der Waals surface area contributed by atoms with E-state index < -0.39 is 6.10 Å². The third-order valence-electron chi connectivity index (χ3n) is 2.73. The molecule has 1 aromatic carbocycles. The molecule has 1 unspecified atom stereocenters. The quantitative estimate of drug-likeness (QED) is 0.869. The summed E-state index contributed by atoms with van der Waals surface area (Å²) in [7, 11) is 1.32. The van der Waals surface area contributed by atoms with Gasteiger partial charge in [0.15, 0.2) is 0 Å². The van der Waals surface area contributed by atoms with Crippen molar-refractivity contribution in [3.8, 4) is 0 Å². The fourth-order valence-corrected chi connectivity index (χ4v) is 2.53. The first-order chi connectivity index (χ1) is 7.93. The fraction of sp³-hybridized carbons (Fsp3) is 0.462. The highest BCUT2D eigenvalue weighted by atomic mass is 79.9. The summed E-state index contributed by atoms with van der Waals surface area (Å²) in [5, 5.41) is 9.81. The molecule has 0 aliphatic heterocycles. The number of hydrogen-bond donors (Lipinski definition) is 1. The zero-order valence-electron chi connectivity index (χ0n) is 10.3. The number of aliphatic hydroxyl groups excluding tert-OH is 1. The summed E-state index contributed by atoms with van der Waals surface area (Å²) in [6.07, 6.45) is -0.188. The lowest BCUT2D eigenvalue weighted by Crippen LogP contribution is -2.18. The van der Waals surface area contributed by atoms with Crippen LogP contribution in [0.4, 0.5) is 0 Å². The molecule has 0 amide bonds. The first-order valence-corrected chi connectivity index (χ1v) is 6.23. The van der Waals surface area contributed by atoms with Crippen LogP contribution >= 0.6 is 15.9 Å². The summed E-state index contributed by atoms with van der Waals surface area (Å²) in [4.78, 5) is 11.0. The molecule has 0 heterocycles. The van der Waals surface area contributed by atoms with Gasteiger partial charge >= 0.3 is 5.97 Å². The third-order valence-corrected chi connectivity index (χ3v) is 3.19. The molecule has 1 aromatic rings. The minimum absolute atomic E-state index is 0.0332. The van der Waals surface area contributed by atoms with Gasteiger partial charge in [-0.1, -0.05) is 15.9 Å². The van der Waals surface area contributed by atoms with Crippen molar-refractivity contribution in [2.45, 2.75) is 32.8 Å². The maximum absolute atomic E-state index is 11.0. The molecule has 0 radical (unpaired) electrons. The summed E-state index contributed by atoms with van der Waals surface area (Å²) >= 11 is 3.43. The molecule has 4 heteroatoms. The Morgan fingerprint density at radius 1 is 1.41 bits per heavy atom. The van der Waals surface area contributed by atoms with Crippen LogP contribution < -0.4 is 0 Å². The van der Waals surface area contributed by atoms with Crippen LogP contribution in [0.25, 0.3) is 0 Å². The average Bonchev–Trinajstić information content (AvgIpc) is 2.23. The van der Waals surface area contributed by atoms with E-state index in [4.69, 9.17) is 0 Å². The number of ether oxygens (including phenoxy) is 1. The number of aliphatic hydroxyl groups is 1. The molecule has 3 nitrogen and oxygen atoms in total. The second-order valence-corrected chi connectivity index (χ2v) is 5.07. The lowest BCUT2D eigenvalue weighted by Gasteiger charge is -2.14. The van der Waals surface area contributed by atoms with E-state index in [0.29, 0.717) is 6.42 Å². The van der Waals surface area contributed by atoms with Gasteiger partial charge in [0.05, 0.1) is 19.6 Å². The van der Waals surface area contributed by atoms with Crippen LogP contribution in [0.15, 0.2) is 16.6 Å². The lowest BCUT2D eigenvalue weighted by atomic mass is 9.96. The van der Waals surface area contributed by atoms with Crippen molar-refractivity contribution in [2.24, 2.45) is 0 Å². The number of aryl methyl sites for hydroxylation is 2. The Labute approximate surface area is 110 Å². The second-order valence-electron chi connectivity index (χ2n) is 4.16. The summed E-state index contributed by atoms with van der Waals surface area (Å²) in [5.41, 5.74) is 3.31. The average molecular weight is 301 g/mol. The lowest BCUT2D eigenvalue weighted by molar-refractivity contribution is -0.142. The van der Waals surface area contributed by atoms with E-state index in [9.17, 15) is 9.90 Å². The van der Waals surface area contributed by atoms with E-state index in [0.717, 1.165) is 21.2 Å². The molecule has 94 valence electrons. The summed E-state index contributed by atoms with van der Waals surface area (Å²) in [6, 6.07) is 4.01. The molecule has 1 rings (SSSR count). The smallest absolute Gasteiger partial charge is 0.308 e. The van der Waals surface area contributed by atoms with E-state index in [1.165, 1.54) is 7.11 Å². The van der Waals surface area contributed by atoms with Gasteiger partial charge in [-0.15, -0.1) is 0 Å². The minimum atomic E-state index is -0.693. The Morgan fingerprint density at radius 2 is 1.94 bits per heavy atom. The van der Waals surface area contributed by atoms with Crippen molar-refractivity contribution < 1.29 is 14.6 Å². The van der Waals surface area contributed by atoms with Gasteiger partial charge in [-0.05, 0) is 49.1 Å². The van der Waals surface area contributed by atoms with Crippen molar-refractivity contribution >= 4 is 21.9 Å². The Kier molecular flexibility index (Phi) is 5.15. The van der Waals surface area contributed by atoms with E-state index in [2.05, 4.69) is 20.7 Å². The van der Waals surface area contributed by atoms with Gasteiger partial charge in [0.2, 0.25) is 0 Å². The highest BCUT2D eigenvalue weighted by Crippen LogP contribution is 2.22. The normalized spacial score (nSPS) is 12.3. The first-order valence-electron chi connectivity index (χ1n) is 5.44. The highest BCUT2D eigenvalue weighted by Gasteiger charge is 2.14. The number of halogens is 1. The number of carbonyl (C=O) groups excluding carboxylic acids is 1. The van der Waals surface area contributed by atoms with Crippen LogP contribution in [0.1, 0.15) is 23.1 Å². The first kappa shape index (κ1) is 14.2. The van der Waals surface area contributed by atoms with Gasteiger partial charge in [0, 0.05) is 4.47 Å². The second kappa shape index (κ2) is 6.17. The van der Waals surface area contributed by atoms with Crippen LogP contribution in [-0.2, 0) is 16.0 Å². The maximum Gasteiger partial charge on any atom is 0.308 e. The Morgan fingerprint density at radius 3 is 2.41 bits per heavy atom. The number of carbonyl (C=O) groups is 1. The van der Waals surface area contributed by atoms with Crippen LogP contribution in [0.5, 0.6) is 0 Å². The van der Waals surface area contributed by atoms with E-state index in [-0.39, 0.29) is 12.4 Å². The van der Waals surface area contributed by atoms with Crippen molar-refractivity contribution in [3.63, 3.8) is 0 Å². The molecule has 1 N–H and O–H groups in total. The van der Waals surface area contributed by atoms with Gasteiger partial charge in [0.25, 0.3) is 0 Å². The third kappa shape index (κ3) is 4.13. The summed E-state index contributed by atoms with van der Waals surface area (Å²) in [5.74, 6) is -0.384. The van der Waals surface area contributed by atoms with E-state index >= 15 is 0 Å². The number of benzene rings is 1. The molecule has 0 spiro atoms. The van der Waals surface area contributed by atoms with Crippen LogP contribution in [-0.4, -0.2) is 24.3 Å². The largest absolute Gasteiger partial charge is 0.469 e. The van der Waals surface area contributed by atoms with Crippen molar-refractivity contribution in [1.82, 2.24) is 0 Å². The fourth-order valence-electron chi connectivity index (χ4n) is 1.85. The molecule has 0 saturated carbocycles. The number of esters is 1. The van der Waals surface area contributed by atoms with Gasteiger partial charge in [0.1, 0.15) is 0 Å². The van der Waals surface area contributed by atoms with Crippen molar-refractivity contribution in [1.29, 1.82) is 0 Å². The maximum atomic E-state index is 11.0. The van der Waals surface area contributed by atoms with E-state index in [1.807, 2.05) is 26.0 Å². The minimum Gasteiger partial charge on any atom is -0.469 e. The Balaban J connectivity index is 2.78. The topological polar surface area (TPSA) is 46.5 Å². The van der Waals surface area contributed by atoms with Crippen LogP contribution in [0.3, 0.4) is 0 Å². The summed E-state index contributed by atoms with van der Waals surface area (Å²) < 4.78 is 5.56. The van der Waals surface area contributed by atoms with Gasteiger partial charge in [-0.3, -0.25) is 4.79 Å². The number of methoxy groups -OCH3 is 1. The Bertz CT molecular complexity index is 392. The molecule has 17 heavy (non-hydrogen) atoms. The molecule has 0 fully saturated rings. The molecule has 0 aromatic heterocycles. The molecular weight excluding hydrogens is 284 g/mol. The molecular formula is C13H17BrO3. The molecule has 1 atom stereocenters. The van der Waals surface area contributed by atoms with Gasteiger partial charge in [-0.2, -0.15) is 0 Å². The monoisotopic (exact) mass is 300 g/mol. The summed E-state index contributed by atoms with van der Waals surface area (Å²) in [6.45, 7) is 4.00. The molecule has 0 aliphatic rings. The molecule has 0 bridgehead atoms. The molecule has 0 saturated heterocycles. The zero-order chi connectivity index (χ0) is 13.0.